The summed E-state index contributed by atoms with van der Waals surface area (Å²) in [6.07, 6.45) is 6.75. The number of unbranched alkanes of at least 4 members (excludes halogenated alkanes) is 3. The van der Waals surface area contributed by atoms with E-state index in [-0.39, 0.29) is 28.9 Å². The first-order valence-corrected chi connectivity index (χ1v) is 12.7. The SMILES string of the molecule is CCCCCCNC(=O)CC(c1ccccc1)c1cn(Cc2ccccc2)c2ccc([N+](=O)[O-])cc12. The van der Waals surface area contributed by atoms with Gasteiger partial charge in [0.2, 0.25) is 5.91 Å². The summed E-state index contributed by atoms with van der Waals surface area (Å²) in [5, 5.41) is 15.5. The van der Waals surface area contributed by atoms with Crippen LogP contribution in [0.1, 0.15) is 61.6 Å². The zero-order valence-electron chi connectivity index (χ0n) is 20.7. The topological polar surface area (TPSA) is 77.2 Å². The molecule has 0 aliphatic heterocycles. The Balaban J connectivity index is 1.72. The van der Waals surface area contributed by atoms with Crippen molar-refractivity contribution >= 4 is 22.5 Å². The molecule has 36 heavy (non-hydrogen) atoms. The highest BCUT2D eigenvalue weighted by Crippen LogP contribution is 2.36. The number of nitro groups is 1. The molecule has 0 aliphatic rings. The normalized spacial score (nSPS) is 11.9. The fourth-order valence-electron chi connectivity index (χ4n) is 4.74. The van der Waals surface area contributed by atoms with E-state index < -0.39 is 0 Å². The fraction of sp³-hybridized carbons (Fsp3) is 0.300. The number of benzene rings is 3. The number of carbonyl (C=O) groups is 1. The molecule has 0 fully saturated rings. The molecular formula is C30H33N3O3. The summed E-state index contributed by atoms with van der Waals surface area (Å²) in [7, 11) is 0. The van der Waals surface area contributed by atoms with Crippen molar-refractivity contribution in [2.75, 3.05) is 6.54 Å². The number of amides is 1. The van der Waals surface area contributed by atoms with E-state index in [4.69, 9.17) is 0 Å². The van der Waals surface area contributed by atoms with Gasteiger partial charge in [0.05, 0.1) is 4.92 Å². The van der Waals surface area contributed by atoms with Gasteiger partial charge in [0.25, 0.3) is 5.69 Å². The van der Waals surface area contributed by atoms with Gasteiger partial charge in [-0.2, -0.15) is 0 Å². The smallest absolute Gasteiger partial charge is 0.270 e. The zero-order chi connectivity index (χ0) is 25.3. The molecule has 3 aromatic carbocycles. The molecule has 6 nitrogen and oxygen atoms in total. The van der Waals surface area contributed by atoms with Crippen LogP contribution in [0.3, 0.4) is 0 Å². The van der Waals surface area contributed by atoms with Crippen molar-refractivity contribution in [1.29, 1.82) is 0 Å². The van der Waals surface area contributed by atoms with Crippen LogP contribution in [0, 0.1) is 10.1 Å². The second-order valence-electron chi connectivity index (χ2n) is 9.23. The molecule has 0 bridgehead atoms. The van der Waals surface area contributed by atoms with Gasteiger partial charge in [0.1, 0.15) is 0 Å². The first-order chi connectivity index (χ1) is 17.6. The molecule has 0 aliphatic carbocycles. The Morgan fingerprint density at radius 3 is 2.39 bits per heavy atom. The summed E-state index contributed by atoms with van der Waals surface area (Å²) in [6.45, 7) is 3.48. The van der Waals surface area contributed by atoms with Crippen LogP contribution in [0.25, 0.3) is 10.9 Å². The highest BCUT2D eigenvalue weighted by molar-refractivity contribution is 5.88. The Morgan fingerprint density at radius 1 is 0.972 bits per heavy atom. The lowest BCUT2D eigenvalue weighted by molar-refractivity contribution is -0.384. The molecule has 1 N–H and O–H groups in total. The van der Waals surface area contributed by atoms with E-state index in [1.165, 1.54) is 6.42 Å². The maximum absolute atomic E-state index is 13.0. The van der Waals surface area contributed by atoms with Gasteiger partial charge in [-0.15, -0.1) is 0 Å². The largest absolute Gasteiger partial charge is 0.356 e. The number of nitrogens with zero attached hydrogens (tertiary/aromatic N) is 2. The Bertz CT molecular complexity index is 1300. The Labute approximate surface area is 212 Å². The van der Waals surface area contributed by atoms with Crippen LogP contribution in [0.4, 0.5) is 5.69 Å². The monoisotopic (exact) mass is 483 g/mol. The van der Waals surface area contributed by atoms with Gasteiger partial charge in [-0.25, -0.2) is 0 Å². The summed E-state index contributed by atoms with van der Waals surface area (Å²) < 4.78 is 2.13. The van der Waals surface area contributed by atoms with E-state index in [1.807, 2.05) is 54.6 Å². The van der Waals surface area contributed by atoms with Crippen molar-refractivity contribution in [2.45, 2.75) is 51.5 Å². The lowest BCUT2D eigenvalue weighted by Crippen LogP contribution is -2.26. The molecule has 1 amide bonds. The molecule has 1 aromatic heterocycles. The molecule has 4 aromatic rings. The Kier molecular flexibility index (Phi) is 8.50. The molecule has 0 radical (unpaired) electrons. The van der Waals surface area contributed by atoms with Gasteiger partial charge < -0.3 is 9.88 Å². The first kappa shape index (κ1) is 25.2. The molecule has 0 saturated carbocycles. The summed E-state index contributed by atoms with van der Waals surface area (Å²) >= 11 is 0. The van der Waals surface area contributed by atoms with E-state index in [9.17, 15) is 14.9 Å². The van der Waals surface area contributed by atoms with Crippen molar-refractivity contribution in [3.05, 3.63) is 112 Å². The molecule has 186 valence electrons. The minimum absolute atomic E-state index is 0.00487. The molecular weight excluding hydrogens is 450 g/mol. The summed E-state index contributed by atoms with van der Waals surface area (Å²) in [6, 6.07) is 25.1. The number of hydrogen-bond acceptors (Lipinski definition) is 3. The van der Waals surface area contributed by atoms with Gasteiger partial charge in [-0.1, -0.05) is 86.8 Å². The molecule has 0 saturated heterocycles. The fourth-order valence-corrected chi connectivity index (χ4v) is 4.74. The summed E-state index contributed by atoms with van der Waals surface area (Å²) in [4.78, 5) is 24.3. The molecule has 4 rings (SSSR count). The van der Waals surface area contributed by atoms with Crippen LogP contribution in [0.5, 0.6) is 0 Å². The van der Waals surface area contributed by atoms with E-state index in [0.29, 0.717) is 13.1 Å². The predicted molar refractivity (Wildman–Crippen MR) is 144 cm³/mol. The minimum Gasteiger partial charge on any atom is -0.356 e. The van der Waals surface area contributed by atoms with Gasteiger partial charge in [-0.3, -0.25) is 14.9 Å². The second-order valence-corrected chi connectivity index (χ2v) is 9.23. The lowest BCUT2D eigenvalue weighted by Gasteiger charge is -2.17. The number of non-ortho nitro benzene ring substituents is 1. The first-order valence-electron chi connectivity index (χ1n) is 12.7. The van der Waals surface area contributed by atoms with E-state index in [1.54, 1.807) is 12.1 Å². The van der Waals surface area contributed by atoms with Gasteiger partial charge >= 0.3 is 0 Å². The number of hydrogen-bond donors (Lipinski definition) is 1. The standard InChI is InChI=1S/C30H33N3O3/c1-2-3-4-11-18-31-30(34)20-26(24-14-9-6-10-15-24)28-22-32(21-23-12-7-5-8-13-23)29-17-16-25(33(35)36)19-27(28)29/h5-10,12-17,19,22,26H,2-4,11,18,20-21H2,1H3,(H,31,34). The number of nitro benzene ring substituents is 1. The summed E-state index contributed by atoms with van der Waals surface area (Å²) in [5.41, 5.74) is 4.05. The van der Waals surface area contributed by atoms with Crippen molar-refractivity contribution in [3.63, 3.8) is 0 Å². The number of carbonyl (C=O) groups excluding carboxylic acids is 1. The van der Waals surface area contributed by atoms with Crippen LogP contribution < -0.4 is 5.32 Å². The Morgan fingerprint density at radius 2 is 1.69 bits per heavy atom. The van der Waals surface area contributed by atoms with Gasteiger partial charge in [0.15, 0.2) is 0 Å². The van der Waals surface area contributed by atoms with Crippen LogP contribution >= 0.6 is 0 Å². The maximum Gasteiger partial charge on any atom is 0.270 e. The lowest BCUT2D eigenvalue weighted by atomic mass is 9.88. The Hall–Kier alpha value is -3.93. The summed E-state index contributed by atoms with van der Waals surface area (Å²) in [5.74, 6) is -0.224. The number of aromatic nitrogens is 1. The van der Waals surface area contributed by atoms with Crippen molar-refractivity contribution in [1.82, 2.24) is 9.88 Å². The van der Waals surface area contributed by atoms with E-state index >= 15 is 0 Å². The molecule has 0 spiro atoms. The average Bonchev–Trinajstić information content (AvgIpc) is 3.25. The van der Waals surface area contributed by atoms with Crippen LogP contribution in [-0.4, -0.2) is 21.9 Å². The van der Waals surface area contributed by atoms with Crippen molar-refractivity contribution in [3.8, 4) is 0 Å². The maximum atomic E-state index is 13.0. The van der Waals surface area contributed by atoms with Crippen LogP contribution in [-0.2, 0) is 11.3 Å². The highest BCUT2D eigenvalue weighted by atomic mass is 16.6. The van der Waals surface area contributed by atoms with Gasteiger partial charge in [-0.05, 0) is 29.2 Å². The number of rotatable bonds is 12. The van der Waals surface area contributed by atoms with Crippen molar-refractivity contribution < 1.29 is 9.72 Å². The van der Waals surface area contributed by atoms with E-state index in [0.717, 1.165) is 46.9 Å². The number of nitrogens with one attached hydrogen (secondary N) is 1. The zero-order valence-corrected chi connectivity index (χ0v) is 20.7. The third-order valence-corrected chi connectivity index (χ3v) is 6.62. The highest BCUT2D eigenvalue weighted by Gasteiger charge is 2.24. The molecule has 1 unspecified atom stereocenters. The van der Waals surface area contributed by atoms with Gasteiger partial charge in [0, 0.05) is 54.7 Å². The predicted octanol–water partition coefficient (Wildman–Crippen LogP) is 6.82. The van der Waals surface area contributed by atoms with Crippen molar-refractivity contribution in [2.24, 2.45) is 0 Å². The van der Waals surface area contributed by atoms with E-state index in [2.05, 4.69) is 35.1 Å². The minimum atomic E-state index is -0.363. The molecule has 6 heteroatoms. The third-order valence-electron chi connectivity index (χ3n) is 6.62. The number of fused-ring (bicyclic) bond motifs is 1. The van der Waals surface area contributed by atoms with Crippen LogP contribution in [0.2, 0.25) is 0 Å². The molecule has 1 heterocycles. The molecule has 1 atom stereocenters. The second kappa shape index (κ2) is 12.2. The average molecular weight is 484 g/mol. The van der Waals surface area contributed by atoms with Crippen LogP contribution in [0.15, 0.2) is 85.1 Å². The quantitative estimate of drug-likeness (QED) is 0.136. The third kappa shape index (κ3) is 6.19.